The van der Waals surface area contributed by atoms with Gasteiger partial charge in [0.05, 0.1) is 6.42 Å². The maximum Gasteiger partial charge on any atom is 0.228 e. The van der Waals surface area contributed by atoms with Crippen LogP contribution in [0, 0.1) is 13.8 Å². The van der Waals surface area contributed by atoms with Gasteiger partial charge in [-0.05, 0) is 48.7 Å². The zero-order chi connectivity index (χ0) is 13.8. The third-order valence-corrected chi connectivity index (χ3v) is 3.59. The van der Waals surface area contributed by atoms with Gasteiger partial charge in [0.15, 0.2) is 0 Å². The van der Waals surface area contributed by atoms with Crippen LogP contribution in [0.25, 0.3) is 0 Å². The average Bonchev–Trinajstić information content (AvgIpc) is 2.30. The van der Waals surface area contributed by atoms with Gasteiger partial charge in [-0.1, -0.05) is 40.2 Å². The molecule has 0 aliphatic heterocycles. The number of benzene rings is 2. The molecule has 0 atom stereocenters. The minimum Gasteiger partial charge on any atom is -0.326 e. The van der Waals surface area contributed by atoms with Gasteiger partial charge in [0.25, 0.3) is 0 Å². The van der Waals surface area contributed by atoms with Gasteiger partial charge in [0.2, 0.25) is 5.91 Å². The van der Waals surface area contributed by atoms with Crippen LogP contribution in [0.2, 0.25) is 0 Å². The summed E-state index contributed by atoms with van der Waals surface area (Å²) in [6.45, 7) is 4.05. The lowest BCUT2D eigenvalue weighted by molar-refractivity contribution is -0.115. The second-order valence-corrected chi connectivity index (χ2v) is 5.55. The molecule has 0 heterocycles. The van der Waals surface area contributed by atoms with Gasteiger partial charge in [-0.15, -0.1) is 0 Å². The van der Waals surface area contributed by atoms with E-state index < -0.39 is 0 Å². The monoisotopic (exact) mass is 317 g/mol. The molecule has 2 rings (SSSR count). The number of anilines is 1. The molecule has 2 nitrogen and oxygen atoms in total. The largest absolute Gasteiger partial charge is 0.326 e. The fourth-order valence-electron chi connectivity index (χ4n) is 2.07. The highest BCUT2D eigenvalue weighted by atomic mass is 79.9. The van der Waals surface area contributed by atoms with E-state index in [-0.39, 0.29) is 5.91 Å². The second-order valence-electron chi connectivity index (χ2n) is 4.69. The van der Waals surface area contributed by atoms with E-state index in [1.165, 1.54) is 0 Å². The van der Waals surface area contributed by atoms with Crippen LogP contribution >= 0.6 is 15.9 Å². The maximum absolute atomic E-state index is 12.0. The van der Waals surface area contributed by atoms with Crippen LogP contribution < -0.4 is 5.32 Å². The number of hydrogen-bond donors (Lipinski definition) is 1. The molecule has 19 heavy (non-hydrogen) atoms. The Morgan fingerprint density at radius 1 is 1.11 bits per heavy atom. The molecule has 0 fully saturated rings. The van der Waals surface area contributed by atoms with Gasteiger partial charge in [-0.3, -0.25) is 4.79 Å². The molecule has 1 amide bonds. The van der Waals surface area contributed by atoms with Crippen molar-refractivity contribution in [2.45, 2.75) is 20.3 Å². The first-order valence-electron chi connectivity index (χ1n) is 6.16. The molecule has 0 bridgehead atoms. The summed E-state index contributed by atoms with van der Waals surface area (Å²) in [6, 6.07) is 13.8. The van der Waals surface area contributed by atoms with E-state index in [0.29, 0.717) is 6.42 Å². The molecular formula is C16H16BrNO. The summed E-state index contributed by atoms with van der Waals surface area (Å²) in [5, 5.41) is 2.94. The second kappa shape index (κ2) is 6.02. The lowest BCUT2D eigenvalue weighted by atomic mass is 10.1. The summed E-state index contributed by atoms with van der Waals surface area (Å²) in [6.07, 6.45) is 0.369. The van der Waals surface area contributed by atoms with Gasteiger partial charge in [0.1, 0.15) is 0 Å². The van der Waals surface area contributed by atoms with Crippen LogP contribution in [0.4, 0.5) is 5.69 Å². The zero-order valence-electron chi connectivity index (χ0n) is 11.0. The topological polar surface area (TPSA) is 29.1 Å². The molecule has 0 aromatic heterocycles. The molecule has 0 saturated carbocycles. The Bertz CT molecular complexity index is 587. The summed E-state index contributed by atoms with van der Waals surface area (Å²) in [5.74, 6) is -0.00287. The Morgan fingerprint density at radius 3 is 2.37 bits per heavy atom. The quantitative estimate of drug-likeness (QED) is 0.901. The van der Waals surface area contributed by atoms with Crippen molar-refractivity contribution in [1.29, 1.82) is 0 Å². The molecule has 98 valence electrons. The lowest BCUT2D eigenvalue weighted by Crippen LogP contribution is -2.14. The highest BCUT2D eigenvalue weighted by Gasteiger charge is 2.07. The van der Waals surface area contributed by atoms with Crippen LogP contribution in [-0.4, -0.2) is 5.91 Å². The first-order chi connectivity index (χ1) is 9.04. The molecule has 3 heteroatoms. The molecule has 0 aliphatic carbocycles. The SMILES string of the molecule is Cc1cc(C)cc(NC(=O)Cc2ccccc2Br)c1. The fourth-order valence-corrected chi connectivity index (χ4v) is 2.49. The molecule has 0 spiro atoms. The number of halogens is 1. The van der Waals surface area contributed by atoms with Crippen LogP contribution in [0.15, 0.2) is 46.9 Å². The third kappa shape index (κ3) is 3.93. The van der Waals surface area contributed by atoms with Crippen LogP contribution in [0.1, 0.15) is 16.7 Å². The van der Waals surface area contributed by atoms with E-state index in [1.807, 2.05) is 50.2 Å². The van der Waals surface area contributed by atoms with Crippen molar-refractivity contribution < 1.29 is 4.79 Å². The number of carbonyl (C=O) groups excluding carboxylic acids is 1. The van der Waals surface area contributed by atoms with E-state index in [9.17, 15) is 4.79 Å². The molecule has 0 unspecified atom stereocenters. The van der Waals surface area contributed by atoms with Crippen LogP contribution in [0.3, 0.4) is 0 Å². The van der Waals surface area contributed by atoms with Crippen molar-refractivity contribution in [2.75, 3.05) is 5.32 Å². The summed E-state index contributed by atoms with van der Waals surface area (Å²) in [7, 11) is 0. The van der Waals surface area contributed by atoms with Crippen molar-refractivity contribution in [3.05, 3.63) is 63.6 Å². The third-order valence-electron chi connectivity index (χ3n) is 2.81. The van der Waals surface area contributed by atoms with Gasteiger partial charge in [-0.25, -0.2) is 0 Å². The molecule has 2 aromatic carbocycles. The summed E-state index contributed by atoms with van der Waals surface area (Å²) >= 11 is 3.45. The minimum atomic E-state index is -0.00287. The number of hydrogen-bond acceptors (Lipinski definition) is 1. The normalized spacial score (nSPS) is 10.3. The summed E-state index contributed by atoms with van der Waals surface area (Å²) in [4.78, 5) is 12.0. The predicted molar refractivity (Wildman–Crippen MR) is 82.4 cm³/mol. The van der Waals surface area contributed by atoms with Gasteiger partial charge in [0, 0.05) is 10.2 Å². The standard InChI is InChI=1S/C16H16BrNO/c1-11-7-12(2)9-14(8-11)18-16(19)10-13-5-3-4-6-15(13)17/h3-9H,10H2,1-2H3,(H,18,19). The van der Waals surface area contributed by atoms with Crippen molar-refractivity contribution in [1.82, 2.24) is 0 Å². The van der Waals surface area contributed by atoms with Gasteiger partial charge < -0.3 is 5.32 Å². The van der Waals surface area contributed by atoms with Crippen molar-refractivity contribution in [3.8, 4) is 0 Å². The van der Waals surface area contributed by atoms with Crippen LogP contribution in [0.5, 0.6) is 0 Å². The average molecular weight is 318 g/mol. The Balaban J connectivity index is 2.07. The maximum atomic E-state index is 12.0. The van der Waals surface area contributed by atoms with E-state index in [2.05, 4.69) is 27.3 Å². The first-order valence-corrected chi connectivity index (χ1v) is 6.95. The number of aryl methyl sites for hydroxylation is 2. The van der Waals surface area contributed by atoms with E-state index in [4.69, 9.17) is 0 Å². The Morgan fingerprint density at radius 2 is 1.74 bits per heavy atom. The Kier molecular flexibility index (Phi) is 4.38. The molecule has 2 aromatic rings. The molecule has 0 radical (unpaired) electrons. The number of nitrogens with one attached hydrogen (secondary N) is 1. The lowest BCUT2D eigenvalue weighted by Gasteiger charge is -2.08. The molecular weight excluding hydrogens is 302 g/mol. The van der Waals surface area contributed by atoms with Crippen molar-refractivity contribution >= 4 is 27.5 Å². The molecule has 0 aliphatic rings. The fraction of sp³-hybridized carbons (Fsp3) is 0.188. The highest BCUT2D eigenvalue weighted by molar-refractivity contribution is 9.10. The first kappa shape index (κ1) is 13.8. The molecule has 0 saturated heterocycles. The Hall–Kier alpha value is -1.61. The Labute approximate surface area is 122 Å². The van der Waals surface area contributed by atoms with Crippen molar-refractivity contribution in [2.24, 2.45) is 0 Å². The van der Waals surface area contributed by atoms with E-state index in [0.717, 1.165) is 26.9 Å². The van der Waals surface area contributed by atoms with Crippen LogP contribution in [-0.2, 0) is 11.2 Å². The number of amides is 1. The van der Waals surface area contributed by atoms with E-state index in [1.54, 1.807) is 0 Å². The number of carbonyl (C=O) groups is 1. The molecule has 1 N–H and O–H groups in total. The summed E-state index contributed by atoms with van der Waals surface area (Å²) in [5.41, 5.74) is 4.14. The number of rotatable bonds is 3. The van der Waals surface area contributed by atoms with Crippen molar-refractivity contribution in [3.63, 3.8) is 0 Å². The minimum absolute atomic E-state index is 0.00287. The zero-order valence-corrected chi connectivity index (χ0v) is 12.6. The predicted octanol–water partition coefficient (Wildman–Crippen LogP) is 4.25. The smallest absolute Gasteiger partial charge is 0.228 e. The van der Waals surface area contributed by atoms with Gasteiger partial charge in [-0.2, -0.15) is 0 Å². The van der Waals surface area contributed by atoms with E-state index >= 15 is 0 Å². The summed E-state index contributed by atoms with van der Waals surface area (Å²) < 4.78 is 0.963. The highest BCUT2D eigenvalue weighted by Crippen LogP contribution is 2.18. The van der Waals surface area contributed by atoms with Gasteiger partial charge >= 0.3 is 0 Å².